The molecule has 0 heterocycles. The number of esters is 1. The Balaban J connectivity index is 2.00. The molecule has 144 valence electrons. The van der Waals surface area contributed by atoms with Crippen LogP contribution in [0.15, 0.2) is 51.8 Å². The van der Waals surface area contributed by atoms with Crippen LogP contribution in [0.25, 0.3) is 0 Å². The first-order chi connectivity index (χ1) is 12.7. The monoisotopic (exact) mass is 454 g/mol. The molecular weight excluding hydrogens is 436 g/mol. The zero-order valence-electron chi connectivity index (χ0n) is 14.8. The Hall–Kier alpha value is -2.23. The van der Waals surface area contributed by atoms with Crippen molar-refractivity contribution in [3.63, 3.8) is 0 Å². The molecule has 0 aliphatic rings. The van der Waals surface area contributed by atoms with Crippen molar-refractivity contribution >= 4 is 43.5 Å². The fraction of sp³-hybridized carbons (Fsp3) is 0.222. The molecular formula is C18H19BrN2O5S. The highest BCUT2D eigenvalue weighted by Crippen LogP contribution is 2.23. The van der Waals surface area contributed by atoms with Crippen LogP contribution in [0.1, 0.15) is 22.8 Å². The molecule has 0 fully saturated rings. The topological polar surface area (TPSA) is 102 Å². The Labute approximate surface area is 166 Å². The predicted molar refractivity (Wildman–Crippen MR) is 105 cm³/mol. The fourth-order valence-corrected chi connectivity index (χ4v) is 3.86. The van der Waals surface area contributed by atoms with Gasteiger partial charge in [0.1, 0.15) is 0 Å². The number of carbonyl (C=O) groups excluding carboxylic acids is 2. The van der Waals surface area contributed by atoms with Crippen LogP contribution >= 0.6 is 15.9 Å². The van der Waals surface area contributed by atoms with Crippen LogP contribution in [-0.4, -0.2) is 33.4 Å². The number of hydrogen-bond donors (Lipinski definition) is 2. The van der Waals surface area contributed by atoms with Gasteiger partial charge in [0.15, 0.2) is 6.61 Å². The number of sulfonamides is 1. The molecule has 0 radical (unpaired) electrons. The molecule has 0 saturated heterocycles. The van der Waals surface area contributed by atoms with Gasteiger partial charge in [0.05, 0.1) is 16.1 Å². The summed E-state index contributed by atoms with van der Waals surface area (Å²) in [6.45, 7) is 3.30. The summed E-state index contributed by atoms with van der Waals surface area (Å²) >= 11 is 3.35. The van der Waals surface area contributed by atoms with Gasteiger partial charge in [-0.15, -0.1) is 0 Å². The Bertz CT molecular complexity index is 960. The number of halogens is 1. The molecule has 0 saturated carbocycles. The van der Waals surface area contributed by atoms with Gasteiger partial charge in [-0.2, -0.15) is 0 Å². The Morgan fingerprint density at radius 2 is 1.89 bits per heavy atom. The zero-order chi connectivity index (χ0) is 20.0. The van der Waals surface area contributed by atoms with Gasteiger partial charge in [-0.3, -0.25) is 4.79 Å². The third-order valence-corrected chi connectivity index (χ3v) is 5.65. The van der Waals surface area contributed by atoms with Gasteiger partial charge in [-0.05, 0) is 58.7 Å². The van der Waals surface area contributed by atoms with Crippen molar-refractivity contribution in [1.29, 1.82) is 0 Å². The average Bonchev–Trinajstić information content (AvgIpc) is 2.62. The average molecular weight is 455 g/mol. The maximum absolute atomic E-state index is 12.1. The lowest BCUT2D eigenvalue weighted by Gasteiger charge is -2.09. The van der Waals surface area contributed by atoms with Crippen molar-refractivity contribution < 1.29 is 22.7 Å². The van der Waals surface area contributed by atoms with Crippen molar-refractivity contribution in [3.05, 3.63) is 58.1 Å². The van der Waals surface area contributed by atoms with E-state index in [0.717, 1.165) is 5.56 Å². The second-order valence-corrected chi connectivity index (χ2v) is 8.26. The highest BCUT2D eigenvalue weighted by Gasteiger charge is 2.17. The van der Waals surface area contributed by atoms with Crippen molar-refractivity contribution in [2.75, 3.05) is 18.5 Å². The van der Waals surface area contributed by atoms with Crippen LogP contribution in [0.2, 0.25) is 0 Å². The van der Waals surface area contributed by atoms with Gasteiger partial charge < -0.3 is 10.1 Å². The third-order valence-electron chi connectivity index (χ3n) is 3.45. The number of ether oxygens (including phenoxy) is 1. The lowest BCUT2D eigenvalue weighted by atomic mass is 10.2. The fourth-order valence-electron chi connectivity index (χ4n) is 2.19. The molecule has 0 aliphatic heterocycles. The Morgan fingerprint density at radius 3 is 2.56 bits per heavy atom. The molecule has 2 aromatic carbocycles. The molecule has 0 spiro atoms. The number of aryl methyl sites for hydroxylation is 1. The number of hydrogen-bond acceptors (Lipinski definition) is 5. The molecule has 27 heavy (non-hydrogen) atoms. The van der Waals surface area contributed by atoms with E-state index in [1.807, 2.05) is 19.1 Å². The van der Waals surface area contributed by atoms with Crippen molar-refractivity contribution in [2.45, 2.75) is 18.7 Å². The number of rotatable bonds is 7. The Morgan fingerprint density at radius 1 is 1.15 bits per heavy atom. The maximum atomic E-state index is 12.1. The van der Waals surface area contributed by atoms with Crippen LogP contribution < -0.4 is 10.0 Å². The first-order valence-electron chi connectivity index (χ1n) is 8.06. The lowest BCUT2D eigenvalue weighted by molar-refractivity contribution is -0.119. The van der Waals surface area contributed by atoms with Crippen LogP contribution in [0.5, 0.6) is 0 Å². The maximum Gasteiger partial charge on any atom is 0.338 e. The van der Waals surface area contributed by atoms with Gasteiger partial charge in [0, 0.05) is 11.0 Å². The number of nitrogens with one attached hydrogen (secondary N) is 2. The largest absolute Gasteiger partial charge is 0.452 e. The molecule has 0 aliphatic carbocycles. The second-order valence-electron chi connectivity index (χ2n) is 5.64. The number of carbonyl (C=O) groups is 2. The van der Waals surface area contributed by atoms with Crippen LogP contribution in [0.4, 0.5) is 5.69 Å². The molecule has 7 nitrogen and oxygen atoms in total. The highest BCUT2D eigenvalue weighted by atomic mass is 79.9. The SMILES string of the molecule is CCNS(=O)(=O)c1cccc(C(=O)OCC(=O)Nc2ccc(C)cc2Br)c1. The van der Waals surface area contributed by atoms with Crippen molar-refractivity contribution in [1.82, 2.24) is 4.72 Å². The normalized spacial score (nSPS) is 11.1. The molecule has 2 aromatic rings. The van der Waals surface area contributed by atoms with E-state index in [9.17, 15) is 18.0 Å². The molecule has 9 heteroatoms. The summed E-state index contributed by atoms with van der Waals surface area (Å²) < 4.78 is 32.0. The highest BCUT2D eigenvalue weighted by molar-refractivity contribution is 9.10. The summed E-state index contributed by atoms with van der Waals surface area (Å²) in [7, 11) is -3.69. The van der Waals surface area contributed by atoms with E-state index >= 15 is 0 Å². The minimum atomic E-state index is -3.69. The summed E-state index contributed by atoms with van der Waals surface area (Å²) in [6.07, 6.45) is 0. The van der Waals surface area contributed by atoms with Gasteiger partial charge in [0.25, 0.3) is 5.91 Å². The zero-order valence-corrected chi connectivity index (χ0v) is 17.2. The standard InChI is InChI=1S/C18H19BrN2O5S/c1-3-20-27(24,25)14-6-4-5-13(10-14)18(23)26-11-17(22)21-16-8-7-12(2)9-15(16)19/h4-10,20H,3,11H2,1-2H3,(H,21,22). The number of amides is 1. The van der Waals surface area contributed by atoms with Crippen molar-refractivity contribution in [3.8, 4) is 0 Å². The van der Waals surface area contributed by atoms with Crippen molar-refractivity contribution in [2.24, 2.45) is 0 Å². The first kappa shape index (κ1) is 21.1. The minimum absolute atomic E-state index is 0.0401. The van der Waals surface area contributed by atoms with E-state index in [2.05, 4.69) is 26.0 Å². The van der Waals surface area contributed by atoms with Crippen LogP contribution in [-0.2, 0) is 19.6 Å². The second kappa shape index (κ2) is 9.12. The van der Waals surface area contributed by atoms with Gasteiger partial charge in [-0.25, -0.2) is 17.9 Å². The van der Waals surface area contributed by atoms with Crippen LogP contribution in [0, 0.1) is 6.92 Å². The molecule has 2 rings (SSSR count). The molecule has 0 atom stereocenters. The third kappa shape index (κ3) is 5.88. The minimum Gasteiger partial charge on any atom is -0.452 e. The van der Waals surface area contributed by atoms with E-state index in [1.165, 1.54) is 24.3 Å². The number of benzene rings is 2. The van der Waals surface area contributed by atoms with Gasteiger partial charge in [0.2, 0.25) is 10.0 Å². The molecule has 0 aromatic heterocycles. The summed E-state index contributed by atoms with van der Waals surface area (Å²) in [5, 5.41) is 2.63. The van der Waals surface area contributed by atoms with E-state index < -0.39 is 28.5 Å². The molecule has 0 unspecified atom stereocenters. The van der Waals surface area contributed by atoms with E-state index in [1.54, 1.807) is 13.0 Å². The molecule has 0 bridgehead atoms. The van der Waals surface area contributed by atoms with E-state index in [0.29, 0.717) is 10.2 Å². The van der Waals surface area contributed by atoms with E-state index in [-0.39, 0.29) is 17.0 Å². The molecule has 2 N–H and O–H groups in total. The van der Waals surface area contributed by atoms with Crippen LogP contribution in [0.3, 0.4) is 0 Å². The van der Waals surface area contributed by atoms with Gasteiger partial charge >= 0.3 is 5.97 Å². The Kier molecular flexibility index (Phi) is 7.11. The summed E-state index contributed by atoms with van der Waals surface area (Å²) in [5.74, 6) is -1.30. The summed E-state index contributed by atoms with van der Waals surface area (Å²) in [4.78, 5) is 24.1. The number of anilines is 1. The summed E-state index contributed by atoms with van der Waals surface area (Å²) in [5.41, 5.74) is 1.62. The molecule has 1 amide bonds. The summed E-state index contributed by atoms with van der Waals surface area (Å²) in [6, 6.07) is 10.8. The quantitative estimate of drug-likeness (QED) is 0.626. The smallest absolute Gasteiger partial charge is 0.338 e. The predicted octanol–water partition coefficient (Wildman–Crippen LogP) is 2.85. The first-order valence-corrected chi connectivity index (χ1v) is 10.3. The van der Waals surface area contributed by atoms with Gasteiger partial charge in [-0.1, -0.05) is 19.1 Å². The lowest BCUT2D eigenvalue weighted by Crippen LogP contribution is -2.24. The van der Waals surface area contributed by atoms with E-state index in [4.69, 9.17) is 4.74 Å².